The predicted molar refractivity (Wildman–Crippen MR) is 60.8 cm³/mol. The SMILES string of the molecule is O=C(O)C1C[C@@H]2C[C@H](NS(=O)(=O)C3CC3)[C@@H]2C1. The molecule has 0 radical (unpaired) electrons. The van der Waals surface area contributed by atoms with E-state index in [2.05, 4.69) is 4.72 Å². The highest BCUT2D eigenvalue weighted by atomic mass is 32.2. The highest BCUT2D eigenvalue weighted by Gasteiger charge is 2.51. The van der Waals surface area contributed by atoms with Crippen LogP contribution in [0.2, 0.25) is 0 Å². The van der Waals surface area contributed by atoms with Crippen molar-refractivity contribution < 1.29 is 18.3 Å². The van der Waals surface area contributed by atoms with E-state index in [1.807, 2.05) is 0 Å². The lowest BCUT2D eigenvalue weighted by Crippen LogP contribution is -2.51. The maximum absolute atomic E-state index is 11.8. The average molecular weight is 259 g/mol. The van der Waals surface area contributed by atoms with Crippen LogP contribution in [-0.2, 0) is 14.8 Å². The monoisotopic (exact) mass is 259 g/mol. The first-order valence-corrected chi connectivity index (χ1v) is 7.76. The minimum atomic E-state index is -3.12. The third-order valence-electron chi connectivity index (χ3n) is 4.45. The fourth-order valence-corrected chi connectivity index (χ4v) is 4.89. The summed E-state index contributed by atoms with van der Waals surface area (Å²) in [6, 6.07) is -0.00468. The molecule has 0 aromatic carbocycles. The smallest absolute Gasteiger partial charge is 0.306 e. The topological polar surface area (TPSA) is 83.5 Å². The number of carbonyl (C=O) groups is 1. The highest BCUT2D eigenvalue weighted by molar-refractivity contribution is 7.90. The maximum Gasteiger partial charge on any atom is 0.306 e. The van der Waals surface area contributed by atoms with E-state index < -0.39 is 16.0 Å². The van der Waals surface area contributed by atoms with Crippen molar-refractivity contribution in [3.05, 3.63) is 0 Å². The maximum atomic E-state index is 11.8. The van der Waals surface area contributed by atoms with Gasteiger partial charge >= 0.3 is 5.97 Å². The van der Waals surface area contributed by atoms with Crippen molar-refractivity contribution in [2.24, 2.45) is 17.8 Å². The molecule has 3 aliphatic carbocycles. The molecular formula is C11H17NO4S. The first kappa shape index (κ1) is 11.5. The lowest BCUT2D eigenvalue weighted by molar-refractivity contribution is -0.141. The molecule has 3 saturated carbocycles. The van der Waals surface area contributed by atoms with Gasteiger partial charge in [-0.05, 0) is 43.9 Å². The Hall–Kier alpha value is -0.620. The number of sulfonamides is 1. The molecule has 2 N–H and O–H groups in total. The molecular weight excluding hydrogens is 242 g/mol. The Morgan fingerprint density at radius 1 is 1.18 bits per heavy atom. The minimum Gasteiger partial charge on any atom is -0.481 e. The van der Waals surface area contributed by atoms with Crippen LogP contribution in [-0.4, -0.2) is 30.8 Å². The molecule has 1 unspecified atom stereocenters. The Morgan fingerprint density at radius 3 is 2.47 bits per heavy atom. The van der Waals surface area contributed by atoms with Gasteiger partial charge in [0.1, 0.15) is 0 Å². The normalized spacial score (nSPS) is 40.7. The molecule has 0 aliphatic heterocycles. The van der Waals surface area contributed by atoms with Crippen LogP contribution in [0.4, 0.5) is 0 Å². The van der Waals surface area contributed by atoms with Crippen molar-refractivity contribution in [3.63, 3.8) is 0 Å². The molecule has 3 fully saturated rings. The summed E-state index contributed by atoms with van der Waals surface area (Å²) < 4.78 is 26.3. The van der Waals surface area contributed by atoms with Gasteiger partial charge in [-0.1, -0.05) is 0 Å². The molecule has 17 heavy (non-hydrogen) atoms. The number of carboxylic acids is 1. The molecule has 5 nitrogen and oxygen atoms in total. The number of aliphatic carboxylic acids is 1. The molecule has 0 amide bonds. The van der Waals surface area contributed by atoms with E-state index in [0.717, 1.165) is 25.7 Å². The summed E-state index contributed by atoms with van der Waals surface area (Å²) in [6.07, 6.45) is 3.72. The van der Waals surface area contributed by atoms with E-state index in [1.54, 1.807) is 0 Å². The zero-order chi connectivity index (χ0) is 12.2. The first-order chi connectivity index (χ1) is 7.97. The second-order valence-electron chi connectivity index (χ2n) is 5.63. The molecule has 96 valence electrons. The number of carboxylic acid groups (broad SMARTS) is 1. The summed E-state index contributed by atoms with van der Waals surface area (Å²) in [7, 11) is -3.12. The van der Waals surface area contributed by atoms with Crippen molar-refractivity contribution in [1.82, 2.24) is 4.72 Å². The van der Waals surface area contributed by atoms with Crippen molar-refractivity contribution >= 4 is 16.0 Å². The van der Waals surface area contributed by atoms with Gasteiger partial charge in [-0.15, -0.1) is 0 Å². The molecule has 0 saturated heterocycles. The molecule has 3 rings (SSSR count). The second-order valence-corrected chi connectivity index (χ2v) is 7.63. The van der Waals surface area contributed by atoms with E-state index in [0.29, 0.717) is 12.3 Å². The summed E-state index contributed by atoms with van der Waals surface area (Å²) in [6.45, 7) is 0. The van der Waals surface area contributed by atoms with Gasteiger partial charge < -0.3 is 5.11 Å². The first-order valence-electron chi connectivity index (χ1n) is 6.21. The zero-order valence-corrected chi connectivity index (χ0v) is 10.3. The van der Waals surface area contributed by atoms with Crippen LogP contribution in [0.5, 0.6) is 0 Å². The van der Waals surface area contributed by atoms with Crippen molar-refractivity contribution in [1.29, 1.82) is 0 Å². The molecule has 0 spiro atoms. The summed E-state index contributed by atoms with van der Waals surface area (Å²) in [4.78, 5) is 10.9. The van der Waals surface area contributed by atoms with Gasteiger partial charge in [0.05, 0.1) is 11.2 Å². The van der Waals surface area contributed by atoms with Crippen LogP contribution in [0.1, 0.15) is 32.1 Å². The van der Waals surface area contributed by atoms with Gasteiger partial charge in [0.15, 0.2) is 0 Å². The summed E-state index contributed by atoms with van der Waals surface area (Å²) in [5, 5.41) is 8.77. The summed E-state index contributed by atoms with van der Waals surface area (Å²) in [5.74, 6) is -0.323. The minimum absolute atomic E-state index is 0.00468. The fraction of sp³-hybridized carbons (Fsp3) is 0.909. The van der Waals surface area contributed by atoms with Gasteiger partial charge in [-0.25, -0.2) is 13.1 Å². The standard InChI is InChI=1S/C11H17NO4S/c13-11(14)7-3-6-5-10(9(6)4-7)12-17(15,16)8-1-2-8/h6-10,12H,1-5H2,(H,13,14)/t6-,7?,9-,10+/m1/s1. The Bertz CT molecular complexity index is 442. The fourth-order valence-electron chi connectivity index (χ4n) is 3.25. The Balaban J connectivity index is 1.60. The van der Waals surface area contributed by atoms with Crippen molar-refractivity contribution in [2.75, 3.05) is 0 Å². The van der Waals surface area contributed by atoms with Gasteiger partial charge in [-0.3, -0.25) is 4.79 Å². The molecule has 0 heterocycles. The van der Waals surface area contributed by atoms with Gasteiger partial charge in [-0.2, -0.15) is 0 Å². The van der Waals surface area contributed by atoms with Gasteiger partial charge in [0.2, 0.25) is 10.0 Å². The Kier molecular flexibility index (Phi) is 2.49. The van der Waals surface area contributed by atoms with Crippen LogP contribution in [0.15, 0.2) is 0 Å². The number of rotatable bonds is 4. The van der Waals surface area contributed by atoms with E-state index in [1.165, 1.54) is 0 Å². The second kappa shape index (κ2) is 3.68. The Morgan fingerprint density at radius 2 is 1.88 bits per heavy atom. The summed E-state index contributed by atoms with van der Waals surface area (Å²) >= 11 is 0. The van der Waals surface area contributed by atoms with Gasteiger partial charge in [0.25, 0.3) is 0 Å². The van der Waals surface area contributed by atoms with E-state index in [9.17, 15) is 13.2 Å². The molecule has 0 aromatic rings. The van der Waals surface area contributed by atoms with E-state index in [-0.39, 0.29) is 23.1 Å². The average Bonchev–Trinajstić information content (AvgIpc) is 3.00. The zero-order valence-electron chi connectivity index (χ0n) is 9.50. The number of hydrogen-bond donors (Lipinski definition) is 2. The highest BCUT2D eigenvalue weighted by Crippen LogP contribution is 2.50. The molecule has 3 aliphatic rings. The molecule has 0 bridgehead atoms. The van der Waals surface area contributed by atoms with Crippen LogP contribution < -0.4 is 4.72 Å². The third-order valence-corrected chi connectivity index (χ3v) is 6.43. The van der Waals surface area contributed by atoms with Crippen LogP contribution in [0.3, 0.4) is 0 Å². The lowest BCUT2D eigenvalue weighted by atomic mass is 9.72. The largest absolute Gasteiger partial charge is 0.481 e. The Labute approximate surface area is 101 Å². The molecule has 4 atom stereocenters. The lowest BCUT2D eigenvalue weighted by Gasteiger charge is -2.40. The van der Waals surface area contributed by atoms with Crippen LogP contribution in [0.25, 0.3) is 0 Å². The van der Waals surface area contributed by atoms with Crippen molar-refractivity contribution in [2.45, 2.75) is 43.4 Å². The van der Waals surface area contributed by atoms with Crippen molar-refractivity contribution in [3.8, 4) is 0 Å². The molecule has 6 heteroatoms. The van der Waals surface area contributed by atoms with E-state index in [4.69, 9.17) is 5.11 Å². The van der Waals surface area contributed by atoms with E-state index >= 15 is 0 Å². The van der Waals surface area contributed by atoms with Gasteiger partial charge in [0, 0.05) is 6.04 Å². The molecule has 0 aromatic heterocycles. The number of hydrogen-bond acceptors (Lipinski definition) is 3. The quantitative estimate of drug-likeness (QED) is 0.773. The third kappa shape index (κ3) is 1.97. The van der Waals surface area contributed by atoms with Crippen LogP contribution in [0, 0.1) is 17.8 Å². The number of nitrogens with one attached hydrogen (secondary N) is 1. The number of fused-ring (bicyclic) bond motifs is 1. The predicted octanol–water partition coefficient (Wildman–Crippen LogP) is 0.568. The van der Waals surface area contributed by atoms with Crippen LogP contribution >= 0.6 is 0 Å². The summed E-state index contributed by atoms with van der Waals surface area (Å²) in [5.41, 5.74) is 0.